The van der Waals surface area contributed by atoms with Crippen LogP contribution in [0.15, 0.2) is 24.3 Å². The molecule has 0 spiro atoms. The van der Waals surface area contributed by atoms with Crippen LogP contribution in [0.4, 0.5) is 0 Å². The van der Waals surface area contributed by atoms with E-state index < -0.39 is 7.12 Å². The minimum atomic E-state index is -1.35. The average molecular weight is 262 g/mol. The van der Waals surface area contributed by atoms with E-state index >= 15 is 0 Å². The molecule has 0 aliphatic carbocycles. The van der Waals surface area contributed by atoms with E-state index in [-0.39, 0.29) is 0 Å². The Balaban J connectivity index is 2.06. The maximum absolute atomic E-state index is 9.00. The van der Waals surface area contributed by atoms with Crippen molar-refractivity contribution in [2.45, 2.75) is 64.7 Å². The van der Waals surface area contributed by atoms with Gasteiger partial charge in [-0.1, -0.05) is 76.1 Å². The summed E-state index contributed by atoms with van der Waals surface area (Å²) in [4.78, 5) is 0. The minimum absolute atomic E-state index is 0.569. The van der Waals surface area contributed by atoms with Crippen LogP contribution in [0.1, 0.15) is 63.9 Å². The van der Waals surface area contributed by atoms with Crippen LogP contribution in [-0.2, 0) is 6.42 Å². The second-order valence-electron chi connectivity index (χ2n) is 5.34. The molecular formula is C16H27BO2. The van der Waals surface area contributed by atoms with Crippen molar-refractivity contribution in [3.05, 3.63) is 29.8 Å². The second-order valence-corrected chi connectivity index (χ2v) is 5.34. The monoisotopic (exact) mass is 262 g/mol. The first-order valence-electron chi connectivity index (χ1n) is 7.69. The molecule has 0 bridgehead atoms. The molecule has 0 saturated carbocycles. The van der Waals surface area contributed by atoms with E-state index in [2.05, 4.69) is 6.92 Å². The maximum Gasteiger partial charge on any atom is 0.488 e. The molecular weight excluding hydrogens is 235 g/mol. The summed E-state index contributed by atoms with van der Waals surface area (Å²) in [5.41, 5.74) is 1.86. The van der Waals surface area contributed by atoms with Crippen LogP contribution in [0.25, 0.3) is 0 Å². The predicted molar refractivity (Wildman–Crippen MR) is 82.6 cm³/mol. The van der Waals surface area contributed by atoms with E-state index in [4.69, 9.17) is 10.0 Å². The van der Waals surface area contributed by atoms with Crippen molar-refractivity contribution < 1.29 is 10.0 Å². The number of hydrogen-bond donors (Lipinski definition) is 2. The van der Waals surface area contributed by atoms with Gasteiger partial charge in [0.05, 0.1) is 0 Å². The molecule has 0 amide bonds. The fourth-order valence-electron chi connectivity index (χ4n) is 2.32. The summed E-state index contributed by atoms with van der Waals surface area (Å²) in [5.74, 6) is 0. The van der Waals surface area contributed by atoms with Crippen LogP contribution >= 0.6 is 0 Å². The zero-order valence-electron chi connectivity index (χ0n) is 12.1. The third-order valence-electron chi connectivity index (χ3n) is 3.60. The molecule has 0 heterocycles. The van der Waals surface area contributed by atoms with Crippen molar-refractivity contribution in [1.29, 1.82) is 0 Å². The van der Waals surface area contributed by atoms with E-state index in [1.807, 2.05) is 12.1 Å². The molecule has 19 heavy (non-hydrogen) atoms. The van der Waals surface area contributed by atoms with Crippen molar-refractivity contribution >= 4 is 12.6 Å². The largest absolute Gasteiger partial charge is 0.488 e. The minimum Gasteiger partial charge on any atom is -0.423 e. The van der Waals surface area contributed by atoms with Crippen molar-refractivity contribution in [1.82, 2.24) is 0 Å². The fourth-order valence-corrected chi connectivity index (χ4v) is 2.32. The maximum atomic E-state index is 9.00. The van der Waals surface area contributed by atoms with Crippen molar-refractivity contribution in [3.63, 3.8) is 0 Å². The molecule has 2 nitrogen and oxygen atoms in total. The van der Waals surface area contributed by atoms with E-state index in [1.54, 1.807) is 12.1 Å². The summed E-state index contributed by atoms with van der Waals surface area (Å²) >= 11 is 0. The van der Waals surface area contributed by atoms with Crippen LogP contribution < -0.4 is 5.46 Å². The van der Waals surface area contributed by atoms with Gasteiger partial charge in [-0.2, -0.15) is 0 Å². The third kappa shape index (κ3) is 7.39. The summed E-state index contributed by atoms with van der Waals surface area (Å²) in [6.07, 6.45) is 11.8. The van der Waals surface area contributed by atoms with Crippen LogP contribution in [0.3, 0.4) is 0 Å². The molecule has 0 aliphatic heterocycles. The van der Waals surface area contributed by atoms with Crippen molar-refractivity contribution in [2.75, 3.05) is 0 Å². The summed E-state index contributed by atoms with van der Waals surface area (Å²) in [7, 11) is -1.35. The number of benzene rings is 1. The van der Waals surface area contributed by atoms with Gasteiger partial charge in [0, 0.05) is 0 Å². The van der Waals surface area contributed by atoms with Gasteiger partial charge in [0.15, 0.2) is 0 Å². The number of rotatable bonds is 10. The lowest BCUT2D eigenvalue weighted by Crippen LogP contribution is -2.29. The molecule has 0 saturated heterocycles. The van der Waals surface area contributed by atoms with Gasteiger partial charge < -0.3 is 10.0 Å². The van der Waals surface area contributed by atoms with Gasteiger partial charge in [0.2, 0.25) is 0 Å². The predicted octanol–water partition coefficient (Wildman–Crippen LogP) is 3.05. The van der Waals surface area contributed by atoms with Gasteiger partial charge in [-0.05, 0) is 23.9 Å². The Morgan fingerprint density at radius 3 is 1.84 bits per heavy atom. The van der Waals surface area contributed by atoms with Crippen LogP contribution in [-0.4, -0.2) is 17.2 Å². The molecule has 0 unspecified atom stereocenters. The molecule has 1 aromatic rings. The highest BCUT2D eigenvalue weighted by Gasteiger charge is 2.09. The lowest BCUT2D eigenvalue weighted by atomic mass is 9.80. The lowest BCUT2D eigenvalue weighted by Gasteiger charge is -2.04. The average Bonchev–Trinajstić information content (AvgIpc) is 2.42. The SMILES string of the molecule is CCCCCCCCCCc1ccc(B(O)O)cc1. The zero-order valence-corrected chi connectivity index (χ0v) is 12.1. The number of aryl methyl sites for hydroxylation is 1. The van der Waals surface area contributed by atoms with Crippen LogP contribution in [0, 0.1) is 0 Å². The molecule has 0 fully saturated rings. The Kier molecular flexibility index (Phi) is 8.60. The van der Waals surface area contributed by atoms with E-state index in [0.29, 0.717) is 5.46 Å². The lowest BCUT2D eigenvalue weighted by molar-refractivity contribution is 0.426. The van der Waals surface area contributed by atoms with Crippen molar-refractivity contribution in [3.8, 4) is 0 Å². The number of unbranched alkanes of at least 4 members (excludes halogenated alkanes) is 7. The first kappa shape index (κ1) is 16.3. The number of hydrogen-bond acceptors (Lipinski definition) is 2. The standard InChI is InChI=1S/C16H27BO2/c1-2-3-4-5-6-7-8-9-10-15-11-13-16(14-12-15)17(18)19/h11-14,18-19H,2-10H2,1H3. The highest BCUT2D eigenvalue weighted by atomic mass is 16.4. The Labute approximate surface area is 118 Å². The van der Waals surface area contributed by atoms with E-state index in [9.17, 15) is 0 Å². The van der Waals surface area contributed by atoms with E-state index in [1.165, 1.54) is 56.9 Å². The fraction of sp³-hybridized carbons (Fsp3) is 0.625. The molecule has 0 atom stereocenters. The van der Waals surface area contributed by atoms with Gasteiger partial charge in [-0.3, -0.25) is 0 Å². The topological polar surface area (TPSA) is 40.5 Å². The Morgan fingerprint density at radius 1 is 0.789 bits per heavy atom. The van der Waals surface area contributed by atoms with Gasteiger partial charge in [-0.25, -0.2) is 0 Å². The van der Waals surface area contributed by atoms with Gasteiger partial charge in [0.25, 0.3) is 0 Å². The summed E-state index contributed by atoms with van der Waals surface area (Å²) < 4.78 is 0. The molecule has 0 aromatic heterocycles. The first-order valence-corrected chi connectivity index (χ1v) is 7.69. The second kappa shape index (κ2) is 10.0. The smallest absolute Gasteiger partial charge is 0.423 e. The first-order chi connectivity index (χ1) is 9.24. The molecule has 2 N–H and O–H groups in total. The highest BCUT2D eigenvalue weighted by molar-refractivity contribution is 6.58. The quantitative estimate of drug-likeness (QED) is 0.502. The highest BCUT2D eigenvalue weighted by Crippen LogP contribution is 2.10. The molecule has 1 rings (SSSR count). The molecule has 3 heteroatoms. The summed E-state index contributed by atoms with van der Waals surface area (Å²) in [5, 5.41) is 18.0. The molecule has 0 radical (unpaired) electrons. The molecule has 0 aliphatic rings. The van der Waals surface area contributed by atoms with Gasteiger partial charge in [0.1, 0.15) is 0 Å². The van der Waals surface area contributed by atoms with Crippen molar-refractivity contribution in [2.24, 2.45) is 0 Å². The summed E-state index contributed by atoms with van der Waals surface area (Å²) in [6.45, 7) is 2.25. The van der Waals surface area contributed by atoms with Crippen LogP contribution in [0.2, 0.25) is 0 Å². The molecule has 106 valence electrons. The normalized spacial score (nSPS) is 10.7. The van der Waals surface area contributed by atoms with E-state index in [0.717, 1.165) is 6.42 Å². The summed E-state index contributed by atoms with van der Waals surface area (Å²) in [6, 6.07) is 7.58. The Hall–Kier alpha value is -0.795. The zero-order chi connectivity index (χ0) is 13.9. The van der Waals surface area contributed by atoms with Gasteiger partial charge in [-0.15, -0.1) is 0 Å². The third-order valence-corrected chi connectivity index (χ3v) is 3.60. The Bertz CT molecular complexity index is 322. The van der Waals surface area contributed by atoms with Gasteiger partial charge >= 0.3 is 7.12 Å². The van der Waals surface area contributed by atoms with Crippen LogP contribution in [0.5, 0.6) is 0 Å². The Morgan fingerprint density at radius 2 is 1.32 bits per heavy atom. The molecule has 1 aromatic carbocycles.